The van der Waals surface area contributed by atoms with Gasteiger partial charge in [-0.2, -0.15) is 0 Å². The van der Waals surface area contributed by atoms with Crippen molar-refractivity contribution in [2.75, 3.05) is 63.2 Å². The number of hydrogen-bond donors (Lipinski definition) is 0. The van der Waals surface area contributed by atoms with E-state index in [9.17, 15) is 0 Å². The van der Waals surface area contributed by atoms with Gasteiger partial charge >= 0.3 is 0 Å². The maximum Gasteiger partial charge on any atom is 0.0936 e. The standard InChI is InChI=1S/C15H23N3O/c1-16(2)13-3-5-14(6-4-13)18-9-7-17(8-10-18)11-15-12-19-15/h3-6,15H,7-12H2,1-2H3. The molecule has 0 N–H and O–H groups in total. The van der Waals surface area contributed by atoms with Gasteiger partial charge in [0.2, 0.25) is 0 Å². The van der Waals surface area contributed by atoms with Crippen molar-refractivity contribution in [1.29, 1.82) is 0 Å². The molecule has 1 aromatic rings. The van der Waals surface area contributed by atoms with Gasteiger partial charge < -0.3 is 14.5 Å². The summed E-state index contributed by atoms with van der Waals surface area (Å²) >= 11 is 0. The van der Waals surface area contributed by atoms with Crippen molar-refractivity contribution >= 4 is 11.4 Å². The summed E-state index contributed by atoms with van der Waals surface area (Å²) in [5, 5.41) is 0. The lowest BCUT2D eigenvalue weighted by atomic mass is 10.2. The van der Waals surface area contributed by atoms with Gasteiger partial charge in [-0.3, -0.25) is 4.90 Å². The summed E-state index contributed by atoms with van der Waals surface area (Å²) in [6.07, 6.45) is 0.519. The number of anilines is 2. The molecule has 1 aromatic carbocycles. The predicted octanol–water partition coefficient (Wildman–Crippen LogP) is 1.27. The van der Waals surface area contributed by atoms with E-state index in [1.165, 1.54) is 11.4 Å². The molecule has 0 radical (unpaired) electrons. The van der Waals surface area contributed by atoms with E-state index in [0.717, 1.165) is 39.3 Å². The Bertz CT molecular complexity index is 406. The third-order valence-corrected chi connectivity index (χ3v) is 3.97. The van der Waals surface area contributed by atoms with Crippen LogP contribution in [0.3, 0.4) is 0 Å². The van der Waals surface area contributed by atoms with Crippen LogP contribution < -0.4 is 9.80 Å². The van der Waals surface area contributed by atoms with Crippen LogP contribution in [0, 0.1) is 0 Å². The highest BCUT2D eigenvalue weighted by molar-refractivity contribution is 5.56. The average molecular weight is 261 g/mol. The van der Waals surface area contributed by atoms with Crippen LogP contribution in [0.4, 0.5) is 11.4 Å². The first kappa shape index (κ1) is 12.8. The number of ether oxygens (including phenoxy) is 1. The van der Waals surface area contributed by atoms with Crippen molar-refractivity contribution in [1.82, 2.24) is 4.90 Å². The molecule has 2 heterocycles. The molecule has 1 atom stereocenters. The first-order valence-corrected chi connectivity index (χ1v) is 7.09. The summed E-state index contributed by atoms with van der Waals surface area (Å²) in [5.74, 6) is 0. The summed E-state index contributed by atoms with van der Waals surface area (Å²) < 4.78 is 5.30. The first-order chi connectivity index (χ1) is 9.22. The van der Waals surface area contributed by atoms with E-state index >= 15 is 0 Å². The van der Waals surface area contributed by atoms with Crippen LogP contribution in [0.2, 0.25) is 0 Å². The Morgan fingerprint density at radius 2 is 1.74 bits per heavy atom. The fraction of sp³-hybridized carbons (Fsp3) is 0.600. The summed E-state index contributed by atoms with van der Waals surface area (Å²) in [6.45, 7) is 6.62. The number of benzene rings is 1. The zero-order chi connectivity index (χ0) is 13.2. The van der Waals surface area contributed by atoms with Crippen molar-refractivity contribution in [2.24, 2.45) is 0 Å². The van der Waals surface area contributed by atoms with E-state index in [0.29, 0.717) is 6.10 Å². The van der Waals surface area contributed by atoms with E-state index < -0.39 is 0 Å². The second kappa shape index (κ2) is 5.39. The van der Waals surface area contributed by atoms with Crippen molar-refractivity contribution in [2.45, 2.75) is 6.10 Å². The van der Waals surface area contributed by atoms with Crippen LogP contribution in [-0.2, 0) is 4.74 Å². The van der Waals surface area contributed by atoms with Crippen LogP contribution in [0.15, 0.2) is 24.3 Å². The molecule has 3 rings (SSSR count). The maximum absolute atomic E-state index is 5.30. The van der Waals surface area contributed by atoms with Crippen molar-refractivity contribution < 1.29 is 4.74 Å². The van der Waals surface area contributed by atoms with Crippen molar-refractivity contribution in [3.8, 4) is 0 Å². The Morgan fingerprint density at radius 1 is 1.11 bits per heavy atom. The maximum atomic E-state index is 5.30. The van der Waals surface area contributed by atoms with Crippen molar-refractivity contribution in [3.63, 3.8) is 0 Å². The fourth-order valence-corrected chi connectivity index (χ4v) is 2.61. The molecule has 19 heavy (non-hydrogen) atoms. The molecule has 0 aromatic heterocycles. The summed E-state index contributed by atoms with van der Waals surface area (Å²) in [4.78, 5) is 7.13. The lowest BCUT2D eigenvalue weighted by Crippen LogP contribution is -2.47. The molecular weight excluding hydrogens is 238 g/mol. The van der Waals surface area contributed by atoms with Gasteiger partial charge in [-0.15, -0.1) is 0 Å². The Labute approximate surface area is 115 Å². The number of piperazine rings is 1. The van der Waals surface area contributed by atoms with E-state index in [1.807, 2.05) is 0 Å². The molecule has 4 nitrogen and oxygen atoms in total. The molecule has 0 aliphatic carbocycles. The molecule has 0 amide bonds. The highest BCUT2D eigenvalue weighted by Crippen LogP contribution is 2.21. The second-order valence-corrected chi connectivity index (χ2v) is 5.65. The Morgan fingerprint density at radius 3 is 2.26 bits per heavy atom. The highest BCUT2D eigenvalue weighted by Gasteiger charge is 2.27. The normalized spacial score (nSPS) is 23.5. The van der Waals surface area contributed by atoms with Crippen LogP contribution in [-0.4, -0.2) is 64.4 Å². The highest BCUT2D eigenvalue weighted by atomic mass is 16.6. The van der Waals surface area contributed by atoms with E-state index in [1.54, 1.807) is 0 Å². The zero-order valence-electron chi connectivity index (χ0n) is 11.9. The monoisotopic (exact) mass is 261 g/mol. The lowest BCUT2D eigenvalue weighted by molar-refractivity contribution is 0.230. The molecule has 2 saturated heterocycles. The van der Waals surface area contributed by atoms with Crippen molar-refractivity contribution in [3.05, 3.63) is 24.3 Å². The lowest BCUT2D eigenvalue weighted by Gasteiger charge is -2.36. The van der Waals surface area contributed by atoms with Gasteiger partial charge in [0.1, 0.15) is 0 Å². The molecule has 1 unspecified atom stereocenters. The molecule has 2 aliphatic heterocycles. The molecule has 0 bridgehead atoms. The minimum Gasteiger partial charge on any atom is -0.378 e. The Hall–Kier alpha value is -1.26. The third kappa shape index (κ3) is 3.19. The van der Waals surface area contributed by atoms with Crippen LogP contribution in [0.1, 0.15) is 0 Å². The molecule has 104 valence electrons. The van der Waals surface area contributed by atoms with Gasteiger partial charge in [-0.1, -0.05) is 0 Å². The Kier molecular flexibility index (Phi) is 3.62. The predicted molar refractivity (Wildman–Crippen MR) is 79.2 cm³/mol. The van der Waals surface area contributed by atoms with Gasteiger partial charge in [0.25, 0.3) is 0 Å². The smallest absolute Gasteiger partial charge is 0.0936 e. The van der Waals surface area contributed by atoms with Gasteiger partial charge in [0, 0.05) is 58.2 Å². The molecule has 4 heteroatoms. The molecule has 0 spiro atoms. The summed E-state index contributed by atoms with van der Waals surface area (Å²) in [6, 6.07) is 8.85. The number of nitrogens with zero attached hydrogens (tertiary/aromatic N) is 3. The minimum absolute atomic E-state index is 0.519. The fourth-order valence-electron chi connectivity index (χ4n) is 2.61. The number of rotatable bonds is 4. The van der Waals surface area contributed by atoms with E-state index in [4.69, 9.17) is 4.74 Å². The molecule has 0 saturated carbocycles. The van der Waals surface area contributed by atoms with E-state index in [2.05, 4.69) is 53.1 Å². The second-order valence-electron chi connectivity index (χ2n) is 5.65. The van der Waals surface area contributed by atoms with Crippen LogP contribution >= 0.6 is 0 Å². The summed E-state index contributed by atoms with van der Waals surface area (Å²) in [5.41, 5.74) is 2.60. The quantitative estimate of drug-likeness (QED) is 0.761. The third-order valence-electron chi connectivity index (χ3n) is 3.97. The summed E-state index contributed by atoms with van der Waals surface area (Å²) in [7, 11) is 4.15. The first-order valence-electron chi connectivity index (χ1n) is 7.09. The molecule has 2 fully saturated rings. The van der Waals surface area contributed by atoms with E-state index in [-0.39, 0.29) is 0 Å². The average Bonchev–Trinajstić information content (AvgIpc) is 3.24. The van der Waals surface area contributed by atoms with Gasteiger partial charge in [0.05, 0.1) is 12.7 Å². The van der Waals surface area contributed by atoms with Gasteiger partial charge in [-0.25, -0.2) is 0 Å². The molecular formula is C15H23N3O. The largest absolute Gasteiger partial charge is 0.378 e. The minimum atomic E-state index is 0.519. The SMILES string of the molecule is CN(C)c1ccc(N2CCN(CC3CO3)CC2)cc1. The van der Waals surface area contributed by atoms with Crippen LogP contribution in [0.25, 0.3) is 0 Å². The Balaban J connectivity index is 1.55. The zero-order valence-corrected chi connectivity index (χ0v) is 11.9. The topological polar surface area (TPSA) is 22.2 Å². The van der Waals surface area contributed by atoms with Crippen LogP contribution in [0.5, 0.6) is 0 Å². The number of epoxide rings is 1. The molecule has 2 aliphatic rings. The van der Waals surface area contributed by atoms with Gasteiger partial charge in [-0.05, 0) is 24.3 Å². The van der Waals surface area contributed by atoms with Gasteiger partial charge in [0.15, 0.2) is 0 Å². The number of hydrogen-bond acceptors (Lipinski definition) is 4.